The van der Waals surface area contributed by atoms with Crippen molar-refractivity contribution in [3.05, 3.63) is 18.7 Å². The summed E-state index contributed by atoms with van der Waals surface area (Å²) in [5.41, 5.74) is 0.0872. The van der Waals surface area contributed by atoms with Gasteiger partial charge in [0.25, 0.3) is 0 Å². The molecule has 1 aliphatic carbocycles. The molecule has 6 nitrogen and oxygen atoms in total. The molecule has 1 fully saturated rings. The second kappa shape index (κ2) is 4.53. The zero-order valence-corrected chi connectivity index (χ0v) is 10.2. The first-order valence-corrected chi connectivity index (χ1v) is 6.37. The van der Waals surface area contributed by atoms with E-state index < -0.39 is 5.60 Å². The molecule has 0 amide bonds. The van der Waals surface area contributed by atoms with Gasteiger partial charge in [0, 0.05) is 18.9 Å². The Bertz CT molecular complexity index is 532. The van der Waals surface area contributed by atoms with Crippen molar-refractivity contribution in [3.63, 3.8) is 0 Å². The van der Waals surface area contributed by atoms with Crippen LogP contribution in [0.2, 0.25) is 0 Å². The molecule has 0 saturated heterocycles. The third-order valence-electron chi connectivity index (χ3n) is 3.58. The number of aromatic nitrogens is 4. The molecule has 2 aromatic rings. The Labute approximate surface area is 105 Å². The van der Waals surface area contributed by atoms with Crippen molar-refractivity contribution in [2.45, 2.75) is 37.7 Å². The van der Waals surface area contributed by atoms with Crippen LogP contribution in [0, 0.1) is 0 Å². The molecule has 1 aliphatic rings. The molecule has 3 rings (SSSR count). The third-order valence-corrected chi connectivity index (χ3v) is 3.58. The van der Waals surface area contributed by atoms with Gasteiger partial charge in [0.1, 0.15) is 6.33 Å². The number of nitrogens with one attached hydrogen (secondary N) is 1. The molecule has 0 aliphatic heterocycles. The van der Waals surface area contributed by atoms with Gasteiger partial charge < -0.3 is 10.4 Å². The summed E-state index contributed by atoms with van der Waals surface area (Å²) in [4.78, 5) is 4.25. The van der Waals surface area contributed by atoms with Gasteiger partial charge >= 0.3 is 0 Å². The van der Waals surface area contributed by atoms with Gasteiger partial charge in [-0.3, -0.25) is 4.40 Å². The van der Waals surface area contributed by atoms with Gasteiger partial charge in [-0.1, -0.05) is 19.3 Å². The first-order chi connectivity index (χ1) is 8.77. The predicted octanol–water partition coefficient (Wildman–Crippen LogP) is 1.23. The minimum atomic E-state index is -0.604. The highest BCUT2D eigenvalue weighted by Crippen LogP contribution is 2.28. The van der Waals surface area contributed by atoms with Crippen LogP contribution < -0.4 is 5.32 Å². The van der Waals surface area contributed by atoms with Gasteiger partial charge in [-0.15, -0.1) is 10.2 Å². The van der Waals surface area contributed by atoms with Crippen LogP contribution in [0.3, 0.4) is 0 Å². The van der Waals surface area contributed by atoms with E-state index in [0.29, 0.717) is 18.0 Å². The fourth-order valence-electron chi connectivity index (χ4n) is 2.52. The first kappa shape index (κ1) is 11.4. The molecule has 96 valence electrons. The smallest absolute Gasteiger partial charge is 0.203 e. The van der Waals surface area contributed by atoms with Crippen molar-refractivity contribution in [3.8, 4) is 0 Å². The average molecular weight is 247 g/mol. The number of rotatable bonds is 3. The van der Waals surface area contributed by atoms with Crippen molar-refractivity contribution in [2.24, 2.45) is 0 Å². The van der Waals surface area contributed by atoms with Gasteiger partial charge in [0.05, 0.1) is 5.60 Å². The highest BCUT2D eigenvalue weighted by atomic mass is 16.3. The maximum atomic E-state index is 10.4. The lowest BCUT2D eigenvalue weighted by Gasteiger charge is -2.32. The fourth-order valence-corrected chi connectivity index (χ4v) is 2.52. The number of hydrogen-bond donors (Lipinski definition) is 2. The zero-order chi connectivity index (χ0) is 12.4. The molecule has 2 N–H and O–H groups in total. The van der Waals surface area contributed by atoms with Crippen molar-refractivity contribution in [2.75, 3.05) is 11.9 Å². The molecule has 18 heavy (non-hydrogen) atoms. The number of hydrogen-bond acceptors (Lipinski definition) is 5. The monoisotopic (exact) mass is 247 g/mol. The van der Waals surface area contributed by atoms with E-state index in [1.807, 2.05) is 0 Å². The van der Waals surface area contributed by atoms with Crippen molar-refractivity contribution >= 4 is 11.5 Å². The second-order valence-corrected chi connectivity index (χ2v) is 4.98. The highest BCUT2D eigenvalue weighted by Gasteiger charge is 2.29. The molecule has 6 heteroatoms. The van der Waals surface area contributed by atoms with E-state index >= 15 is 0 Å². The van der Waals surface area contributed by atoms with E-state index in [4.69, 9.17) is 0 Å². The van der Waals surface area contributed by atoms with Crippen LogP contribution in [-0.4, -0.2) is 36.8 Å². The summed E-state index contributed by atoms with van der Waals surface area (Å²) >= 11 is 0. The Morgan fingerprint density at radius 3 is 3.00 bits per heavy atom. The standard InChI is InChI=1S/C12H17N5O/c18-12(4-2-1-3-5-12)8-14-10-11-16-15-9-17(11)7-6-13-10/h6-7,9,18H,1-5,8H2,(H,13,14). The summed E-state index contributed by atoms with van der Waals surface area (Å²) in [5.74, 6) is 0.675. The van der Waals surface area contributed by atoms with Crippen LogP contribution in [0.15, 0.2) is 18.7 Å². The minimum absolute atomic E-state index is 0.520. The summed E-state index contributed by atoms with van der Waals surface area (Å²) in [5, 5.41) is 21.5. The van der Waals surface area contributed by atoms with Crippen LogP contribution >= 0.6 is 0 Å². The highest BCUT2D eigenvalue weighted by molar-refractivity contribution is 5.61. The molecule has 2 heterocycles. The SMILES string of the molecule is OC1(CNc2nccn3cnnc23)CCCCC1. The number of nitrogens with zero attached hydrogens (tertiary/aromatic N) is 4. The lowest BCUT2D eigenvalue weighted by atomic mass is 9.85. The van der Waals surface area contributed by atoms with Crippen LogP contribution in [0.1, 0.15) is 32.1 Å². The van der Waals surface area contributed by atoms with Gasteiger partial charge in [-0.2, -0.15) is 0 Å². The number of aliphatic hydroxyl groups is 1. The zero-order valence-electron chi connectivity index (χ0n) is 10.2. The average Bonchev–Trinajstić information content (AvgIpc) is 2.86. The summed E-state index contributed by atoms with van der Waals surface area (Å²) in [6.07, 6.45) is 10.3. The lowest BCUT2D eigenvalue weighted by molar-refractivity contribution is 0.0167. The Morgan fingerprint density at radius 1 is 1.33 bits per heavy atom. The van der Waals surface area contributed by atoms with E-state index in [0.717, 1.165) is 25.7 Å². The Morgan fingerprint density at radius 2 is 2.17 bits per heavy atom. The van der Waals surface area contributed by atoms with E-state index in [1.165, 1.54) is 6.42 Å². The Kier molecular flexibility index (Phi) is 2.87. The molecule has 0 atom stereocenters. The minimum Gasteiger partial charge on any atom is -0.388 e. The summed E-state index contributed by atoms with van der Waals surface area (Å²) < 4.78 is 1.81. The predicted molar refractivity (Wildman–Crippen MR) is 67.3 cm³/mol. The third kappa shape index (κ3) is 2.15. The molecule has 2 aromatic heterocycles. The maximum Gasteiger partial charge on any atom is 0.203 e. The van der Waals surface area contributed by atoms with Crippen LogP contribution in [-0.2, 0) is 0 Å². The van der Waals surface area contributed by atoms with E-state index in [2.05, 4.69) is 20.5 Å². The largest absolute Gasteiger partial charge is 0.388 e. The first-order valence-electron chi connectivity index (χ1n) is 6.37. The fraction of sp³-hybridized carbons (Fsp3) is 0.583. The summed E-state index contributed by atoms with van der Waals surface area (Å²) in [6, 6.07) is 0. The molecule has 0 radical (unpaired) electrons. The van der Waals surface area contributed by atoms with Crippen molar-refractivity contribution in [1.29, 1.82) is 0 Å². The molecule has 0 unspecified atom stereocenters. The van der Waals surface area contributed by atoms with Crippen LogP contribution in [0.5, 0.6) is 0 Å². The van der Waals surface area contributed by atoms with Gasteiger partial charge in [0.2, 0.25) is 5.65 Å². The summed E-state index contributed by atoms with van der Waals surface area (Å²) in [7, 11) is 0. The molecule has 1 saturated carbocycles. The van der Waals surface area contributed by atoms with Crippen molar-refractivity contribution < 1.29 is 5.11 Å². The molecule has 0 aromatic carbocycles. The molecular weight excluding hydrogens is 230 g/mol. The number of anilines is 1. The molecule has 0 bridgehead atoms. The molecular formula is C12H17N5O. The summed E-state index contributed by atoms with van der Waals surface area (Å²) in [6.45, 7) is 0.520. The maximum absolute atomic E-state index is 10.4. The Balaban J connectivity index is 1.74. The van der Waals surface area contributed by atoms with Crippen LogP contribution in [0.25, 0.3) is 5.65 Å². The topological polar surface area (TPSA) is 75.3 Å². The quantitative estimate of drug-likeness (QED) is 0.853. The number of fused-ring (bicyclic) bond motifs is 1. The van der Waals surface area contributed by atoms with E-state index in [9.17, 15) is 5.11 Å². The molecule has 0 spiro atoms. The van der Waals surface area contributed by atoms with Gasteiger partial charge in [0.15, 0.2) is 5.82 Å². The van der Waals surface area contributed by atoms with Crippen LogP contribution in [0.4, 0.5) is 5.82 Å². The van der Waals surface area contributed by atoms with Gasteiger partial charge in [-0.25, -0.2) is 4.98 Å². The van der Waals surface area contributed by atoms with Gasteiger partial charge in [-0.05, 0) is 12.8 Å². The van der Waals surface area contributed by atoms with Crippen molar-refractivity contribution in [1.82, 2.24) is 19.6 Å². The lowest BCUT2D eigenvalue weighted by Crippen LogP contribution is -2.39. The second-order valence-electron chi connectivity index (χ2n) is 4.98. The normalized spacial score (nSPS) is 18.9. The Hall–Kier alpha value is -1.69. The van der Waals surface area contributed by atoms with E-state index in [-0.39, 0.29) is 0 Å². The van der Waals surface area contributed by atoms with E-state index in [1.54, 1.807) is 23.1 Å².